The number of rotatable bonds is 4. The monoisotopic (exact) mass is 421 g/mol. The number of nitrogens with one attached hydrogen (secondary N) is 1. The molecule has 0 fully saturated rings. The van der Waals surface area contributed by atoms with E-state index in [2.05, 4.69) is 10.5 Å². The molecular weight excluding hydrogens is 390 g/mol. The number of aromatic hydroxyl groups is 1. The lowest BCUT2D eigenvalue weighted by atomic mass is 9.78. The molecule has 0 saturated heterocycles. The van der Waals surface area contributed by atoms with Crippen molar-refractivity contribution >= 4 is 18.0 Å². The molecule has 2 N–H and O–H groups in total. The van der Waals surface area contributed by atoms with E-state index in [4.69, 9.17) is 0 Å². The Balaban J connectivity index is 1.72. The van der Waals surface area contributed by atoms with Crippen LogP contribution < -0.4 is 5.43 Å². The summed E-state index contributed by atoms with van der Waals surface area (Å²) >= 11 is 0. The molecule has 0 spiro atoms. The highest BCUT2D eigenvalue weighted by Gasteiger charge is 2.28. The second-order valence-corrected chi connectivity index (χ2v) is 10.1. The van der Waals surface area contributed by atoms with Gasteiger partial charge in [-0.25, -0.2) is 5.43 Å². The van der Waals surface area contributed by atoms with E-state index in [1.54, 1.807) is 12.3 Å². The number of phenolic OH excluding ortho intramolecular Hbond substituents is 1. The van der Waals surface area contributed by atoms with Crippen molar-refractivity contribution in [2.45, 2.75) is 58.9 Å². The lowest BCUT2D eigenvalue weighted by molar-refractivity contribution is -0.121. The molecular formula is C25H31N3O3. The van der Waals surface area contributed by atoms with Crippen LogP contribution in [0.2, 0.25) is 0 Å². The van der Waals surface area contributed by atoms with Crippen LogP contribution in [0.15, 0.2) is 41.5 Å². The van der Waals surface area contributed by atoms with E-state index in [0.717, 1.165) is 22.3 Å². The van der Waals surface area contributed by atoms with E-state index < -0.39 is 0 Å². The fourth-order valence-electron chi connectivity index (χ4n) is 3.70. The molecule has 0 aromatic heterocycles. The number of hydrazone groups is 1. The summed E-state index contributed by atoms with van der Waals surface area (Å²) in [6.45, 7) is 12.6. The number of hydrogen-bond acceptors (Lipinski definition) is 4. The summed E-state index contributed by atoms with van der Waals surface area (Å²) in [4.78, 5) is 26.2. The van der Waals surface area contributed by atoms with Gasteiger partial charge < -0.3 is 10.0 Å². The van der Waals surface area contributed by atoms with Crippen molar-refractivity contribution in [3.05, 3.63) is 64.2 Å². The van der Waals surface area contributed by atoms with Gasteiger partial charge >= 0.3 is 0 Å². The van der Waals surface area contributed by atoms with E-state index in [9.17, 15) is 14.7 Å². The van der Waals surface area contributed by atoms with Crippen molar-refractivity contribution in [1.82, 2.24) is 10.3 Å². The van der Waals surface area contributed by atoms with Crippen LogP contribution in [0.3, 0.4) is 0 Å². The number of hydrogen-bond donors (Lipinski definition) is 2. The summed E-state index contributed by atoms with van der Waals surface area (Å²) in [6, 6.07) is 11.2. The summed E-state index contributed by atoms with van der Waals surface area (Å²) in [6.07, 6.45) is 1.57. The summed E-state index contributed by atoms with van der Waals surface area (Å²) in [5.41, 5.74) is 6.03. The molecule has 0 bridgehead atoms. The Morgan fingerprint density at radius 3 is 2.23 bits per heavy atom. The second-order valence-electron chi connectivity index (χ2n) is 10.1. The van der Waals surface area contributed by atoms with Crippen molar-refractivity contribution in [3.63, 3.8) is 0 Å². The van der Waals surface area contributed by atoms with Gasteiger partial charge in [-0.1, -0.05) is 59.7 Å². The Kier molecular flexibility index (Phi) is 5.94. The van der Waals surface area contributed by atoms with E-state index in [1.165, 1.54) is 4.90 Å². The second kappa shape index (κ2) is 8.17. The molecule has 2 aromatic rings. The third-order valence-corrected chi connectivity index (χ3v) is 5.38. The number of fused-ring (bicyclic) bond motifs is 1. The molecule has 0 radical (unpaired) electrons. The van der Waals surface area contributed by atoms with Crippen LogP contribution in [-0.4, -0.2) is 34.6 Å². The molecule has 0 atom stereocenters. The van der Waals surface area contributed by atoms with Gasteiger partial charge in [-0.2, -0.15) is 5.10 Å². The van der Waals surface area contributed by atoms with Crippen LogP contribution in [0.5, 0.6) is 5.75 Å². The minimum absolute atomic E-state index is 0.0546. The molecule has 0 unspecified atom stereocenters. The van der Waals surface area contributed by atoms with Crippen molar-refractivity contribution in [2.75, 3.05) is 6.54 Å². The van der Waals surface area contributed by atoms with Crippen molar-refractivity contribution in [1.29, 1.82) is 0 Å². The van der Waals surface area contributed by atoms with Crippen LogP contribution in [0, 0.1) is 0 Å². The van der Waals surface area contributed by atoms with Gasteiger partial charge in [0.15, 0.2) is 0 Å². The first-order valence-electron chi connectivity index (χ1n) is 10.4. The Labute approximate surface area is 184 Å². The third kappa shape index (κ3) is 4.95. The molecule has 6 nitrogen and oxygen atoms in total. The molecule has 31 heavy (non-hydrogen) atoms. The van der Waals surface area contributed by atoms with Crippen LogP contribution in [0.25, 0.3) is 0 Å². The molecule has 1 aliphatic heterocycles. The van der Waals surface area contributed by atoms with E-state index in [0.29, 0.717) is 17.9 Å². The van der Waals surface area contributed by atoms with Gasteiger partial charge in [0.2, 0.25) is 0 Å². The first-order valence-corrected chi connectivity index (χ1v) is 10.4. The smallest absolute Gasteiger partial charge is 0.259 e. The average molecular weight is 422 g/mol. The molecule has 2 aromatic carbocycles. The number of amides is 2. The van der Waals surface area contributed by atoms with Gasteiger partial charge in [-0.05, 0) is 40.2 Å². The van der Waals surface area contributed by atoms with Gasteiger partial charge in [0, 0.05) is 23.2 Å². The van der Waals surface area contributed by atoms with Gasteiger partial charge in [0.1, 0.15) is 12.3 Å². The van der Waals surface area contributed by atoms with Gasteiger partial charge in [-0.3, -0.25) is 9.59 Å². The number of phenols is 1. The Bertz CT molecular complexity index is 1010. The maximum atomic E-state index is 12.4. The molecule has 164 valence electrons. The highest BCUT2D eigenvalue weighted by Crippen LogP contribution is 2.39. The average Bonchev–Trinajstić information content (AvgIpc) is 2.97. The predicted octanol–water partition coefficient (Wildman–Crippen LogP) is 4.09. The minimum Gasteiger partial charge on any atom is -0.507 e. The van der Waals surface area contributed by atoms with E-state index in [1.807, 2.05) is 71.9 Å². The first-order chi connectivity index (χ1) is 14.4. The SMILES string of the molecule is CC(C)(C)c1cc(C=NNC(=O)CN2Cc3ccccc3C2=O)cc(C(C)(C)C)c1O. The lowest BCUT2D eigenvalue weighted by Gasteiger charge is -2.27. The quantitative estimate of drug-likeness (QED) is 0.576. The van der Waals surface area contributed by atoms with Crippen molar-refractivity contribution < 1.29 is 14.7 Å². The predicted molar refractivity (Wildman–Crippen MR) is 122 cm³/mol. The molecule has 3 rings (SSSR count). The highest BCUT2D eigenvalue weighted by molar-refractivity contribution is 6.00. The van der Waals surface area contributed by atoms with Crippen LogP contribution >= 0.6 is 0 Å². The summed E-state index contributed by atoms with van der Waals surface area (Å²) in [7, 11) is 0. The normalized spacial score (nSPS) is 14.3. The maximum absolute atomic E-state index is 12.4. The number of carbonyl (C=O) groups excluding carboxylic acids is 2. The van der Waals surface area contributed by atoms with Crippen molar-refractivity contribution in [3.8, 4) is 5.75 Å². The van der Waals surface area contributed by atoms with Gasteiger partial charge in [0.05, 0.1) is 6.21 Å². The highest BCUT2D eigenvalue weighted by atomic mass is 16.3. The van der Waals surface area contributed by atoms with Crippen LogP contribution in [0.4, 0.5) is 0 Å². The van der Waals surface area contributed by atoms with Gasteiger partial charge in [-0.15, -0.1) is 0 Å². The lowest BCUT2D eigenvalue weighted by Crippen LogP contribution is -2.35. The largest absolute Gasteiger partial charge is 0.507 e. The zero-order valence-electron chi connectivity index (χ0n) is 19.1. The number of nitrogens with zero attached hydrogens (tertiary/aromatic N) is 2. The number of carbonyl (C=O) groups is 2. The van der Waals surface area contributed by atoms with E-state index >= 15 is 0 Å². The zero-order valence-corrected chi connectivity index (χ0v) is 19.1. The number of benzene rings is 2. The third-order valence-electron chi connectivity index (χ3n) is 5.38. The molecule has 2 amide bonds. The summed E-state index contributed by atoms with van der Waals surface area (Å²) < 4.78 is 0. The summed E-state index contributed by atoms with van der Waals surface area (Å²) in [5.74, 6) is -0.200. The van der Waals surface area contributed by atoms with Crippen LogP contribution in [-0.2, 0) is 22.2 Å². The fourth-order valence-corrected chi connectivity index (χ4v) is 3.70. The molecule has 1 aliphatic rings. The first kappa shape index (κ1) is 22.5. The Hall–Kier alpha value is -3.15. The molecule has 0 saturated carbocycles. The fraction of sp³-hybridized carbons (Fsp3) is 0.400. The minimum atomic E-state index is -0.358. The molecule has 6 heteroatoms. The standard InChI is InChI=1S/C25H31N3O3/c1-24(2,3)19-11-16(12-20(22(19)30)25(4,5)6)13-26-27-21(29)15-28-14-17-9-7-8-10-18(17)23(28)31/h7-13,30H,14-15H2,1-6H3,(H,27,29). The summed E-state index contributed by atoms with van der Waals surface area (Å²) in [5, 5.41) is 14.9. The Morgan fingerprint density at radius 2 is 1.68 bits per heavy atom. The molecule has 0 aliphatic carbocycles. The van der Waals surface area contributed by atoms with Gasteiger partial charge in [0.25, 0.3) is 11.8 Å². The molecule has 1 heterocycles. The van der Waals surface area contributed by atoms with Crippen LogP contribution in [0.1, 0.15) is 74.2 Å². The maximum Gasteiger partial charge on any atom is 0.259 e. The Morgan fingerprint density at radius 1 is 1.10 bits per heavy atom. The topological polar surface area (TPSA) is 82.0 Å². The zero-order chi connectivity index (χ0) is 23.0. The van der Waals surface area contributed by atoms with Crippen molar-refractivity contribution in [2.24, 2.45) is 5.10 Å². The van der Waals surface area contributed by atoms with E-state index in [-0.39, 0.29) is 29.2 Å².